The van der Waals surface area contributed by atoms with Gasteiger partial charge in [-0.25, -0.2) is 0 Å². The molecular weight excluding hydrogens is 182 g/mol. The summed E-state index contributed by atoms with van der Waals surface area (Å²) in [4.78, 5) is 0. The van der Waals surface area contributed by atoms with Crippen LogP contribution in [0.5, 0.6) is 0 Å². The predicted octanol–water partition coefficient (Wildman–Crippen LogP) is 3.45. The van der Waals surface area contributed by atoms with E-state index in [-0.39, 0.29) is 0 Å². The van der Waals surface area contributed by atoms with Crippen molar-refractivity contribution in [2.24, 2.45) is 23.2 Å². The van der Waals surface area contributed by atoms with Crippen LogP contribution in [0.25, 0.3) is 0 Å². The van der Waals surface area contributed by atoms with Crippen LogP contribution in [-0.4, -0.2) is 12.6 Å². The van der Waals surface area contributed by atoms with Crippen LogP contribution in [0.4, 0.5) is 0 Å². The van der Waals surface area contributed by atoms with Crippen LogP contribution in [-0.2, 0) is 0 Å². The van der Waals surface area contributed by atoms with Crippen LogP contribution >= 0.6 is 0 Å². The van der Waals surface area contributed by atoms with Crippen molar-refractivity contribution in [3.8, 4) is 0 Å². The maximum absolute atomic E-state index is 3.84. The average molecular weight is 209 g/mol. The molecule has 2 rings (SSSR count). The lowest BCUT2D eigenvalue weighted by molar-refractivity contribution is 0.205. The third-order valence-corrected chi connectivity index (χ3v) is 4.86. The molecule has 1 heteroatoms. The minimum Gasteiger partial charge on any atom is -0.313 e. The van der Waals surface area contributed by atoms with Gasteiger partial charge in [-0.2, -0.15) is 0 Å². The van der Waals surface area contributed by atoms with E-state index in [4.69, 9.17) is 0 Å². The topological polar surface area (TPSA) is 12.0 Å². The first-order valence-electron chi connectivity index (χ1n) is 6.74. The second-order valence-corrected chi connectivity index (χ2v) is 6.71. The van der Waals surface area contributed by atoms with Gasteiger partial charge >= 0.3 is 0 Å². The quantitative estimate of drug-likeness (QED) is 0.750. The molecule has 0 aromatic rings. The molecule has 0 aromatic heterocycles. The maximum Gasteiger partial charge on any atom is 0.0118 e. The average Bonchev–Trinajstić information content (AvgIpc) is 2.73. The van der Waals surface area contributed by atoms with Gasteiger partial charge in [-0.15, -0.1) is 0 Å². The number of rotatable bonds is 3. The first-order valence-corrected chi connectivity index (χ1v) is 6.74. The van der Waals surface area contributed by atoms with E-state index in [1.807, 2.05) is 0 Å². The van der Waals surface area contributed by atoms with Crippen LogP contribution < -0.4 is 5.32 Å². The molecule has 1 N–H and O–H groups in total. The molecule has 0 spiro atoms. The minimum absolute atomic E-state index is 0.633. The van der Waals surface area contributed by atoms with Gasteiger partial charge in [-0.05, 0) is 49.0 Å². The van der Waals surface area contributed by atoms with Gasteiger partial charge in [0.25, 0.3) is 0 Å². The summed E-state index contributed by atoms with van der Waals surface area (Å²) in [6, 6.07) is 0.787. The first-order chi connectivity index (χ1) is 7.00. The van der Waals surface area contributed by atoms with Gasteiger partial charge in [-0.1, -0.05) is 34.1 Å². The lowest BCUT2D eigenvalue weighted by atomic mass is 9.78. The van der Waals surface area contributed by atoms with E-state index in [0.717, 1.165) is 23.8 Å². The summed E-state index contributed by atoms with van der Waals surface area (Å²) in [7, 11) is 0. The fraction of sp³-hybridized carbons (Fsp3) is 1.00. The van der Waals surface area contributed by atoms with E-state index in [9.17, 15) is 0 Å². The van der Waals surface area contributed by atoms with Crippen LogP contribution in [0.3, 0.4) is 0 Å². The third-order valence-electron chi connectivity index (χ3n) is 4.86. The monoisotopic (exact) mass is 209 g/mol. The largest absolute Gasteiger partial charge is 0.313 e. The van der Waals surface area contributed by atoms with Crippen molar-refractivity contribution in [1.82, 2.24) is 5.32 Å². The van der Waals surface area contributed by atoms with Crippen molar-refractivity contribution in [2.45, 2.75) is 59.4 Å². The molecule has 2 aliphatic carbocycles. The Balaban J connectivity index is 1.77. The van der Waals surface area contributed by atoms with Gasteiger partial charge < -0.3 is 5.32 Å². The molecule has 0 aliphatic heterocycles. The standard InChI is InChI=1S/C14H27N/c1-10-6-5-7-11(2)13(10)15-9-12-8-14(12,3)4/h10-13,15H,5-9H2,1-4H3. The zero-order valence-corrected chi connectivity index (χ0v) is 10.8. The van der Waals surface area contributed by atoms with Gasteiger partial charge in [0.1, 0.15) is 0 Å². The van der Waals surface area contributed by atoms with Crippen LogP contribution in [0, 0.1) is 23.2 Å². The number of hydrogen-bond donors (Lipinski definition) is 1. The smallest absolute Gasteiger partial charge is 0.0118 e. The number of nitrogens with one attached hydrogen (secondary N) is 1. The normalized spacial score (nSPS) is 44.0. The highest BCUT2D eigenvalue weighted by molar-refractivity contribution is 4.97. The molecule has 88 valence electrons. The Kier molecular flexibility index (Phi) is 3.12. The van der Waals surface area contributed by atoms with Gasteiger partial charge in [0.2, 0.25) is 0 Å². The Hall–Kier alpha value is -0.0400. The van der Waals surface area contributed by atoms with Crippen LogP contribution in [0.2, 0.25) is 0 Å². The molecule has 2 saturated carbocycles. The Morgan fingerprint density at radius 1 is 1.13 bits per heavy atom. The molecule has 2 fully saturated rings. The van der Waals surface area contributed by atoms with E-state index in [2.05, 4.69) is 33.0 Å². The van der Waals surface area contributed by atoms with Gasteiger partial charge in [0, 0.05) is 6.04 Å². The lowest BCUT2D eigenvalue weighted by Gasteiger charge is -2.35. The number of hydrogen-bond acceptors (Lipinski definition) is 1. The molecule has 0 amide bonds. The molecule has 0 radical (unpaired) electrons. The highest BCUT2D eigenvalue weighted by Crippen LogP contribution is 2.51. The van der Waals surface area contributed by atoms with E-state index >= 15 is 0 Å². The molecule has 3 unspecified atom stereocenters. The Morgan fingerprint density at radius 2 is 1.67 bits per heavy atom. The fourth-order valence-electron chi connectivity index (χ4n) is 3.29. The second-order valence-electron chi connectivity index (χ2n) is 6.71. The summed E-state index contributed by atoms with van der Waals surface area (Å²) in [5.41, 5.74) is 0.633. The van der Waals surface area contributed by atoms with Gasteiger partial charge in [0.15, 0.2) is 0 Å². The van der Waals surface area contributed by atoms with Gasteiger partial charge in [0.05, 0.1) is 0 Å². The van der Waals surface area contributed by atoms with Crippen molar-refractivity contribution in [2.75, 3.05) is 6.54 Å². The van der Waals surface area contributed by atoms with Crippen molar-refractivity contribution in [3.63, 3.8) is 0 Å². The molecule has 0 aromatic carbocycles. The lowest BCUT2D eigenvalue weighted by Crippen LogP contribution is -2.43. The first kappa shape index (κ1) is 11.4. The third kappa shape index (κ3) is 2.55. The zero-order chi connectivity index (χ0) is 11.1. The summed E-state index contributed by atoms with van der Waals surface area (Å²) in [6.07, 6.45) is 5.72. The van der Waals surface area contributed by atoms with Crippen molar-refractivity contribution >= 4 is 0 Å². The summed E-state index contributed by atoms with van der Waals surface area (Å²) in [5.74, 6) is 2.71. The van der Waals surface area contributed by atoms with Crippen molar-refractivity contribution in [3.05, 3.63) is 0 Å². The summed E-state index contributed by atoms with van der Waals surface area (Å²) < 4.78 is 0. The van der Waals surface area contributed by atoms with Gasteiger partial charge in [-0.3, -0.25) is 0 Å². The van der Waals surface area contributed by atoms with Crippen molar-refractivity contribution < 1.29 is 0 Å². The SMILES string of the molecule is CC1CCCC(C)C1NCC1CC1(C)C. The maximum atomic E-state index is 3.84. The Bertz CT molecular complexity index is 211. The second kappa shape index (κ2) is 4.08. The summed E-state index contributed by atoms with van der Waals surface area (Å²) in [5, 5.41) is 3.84. The van der Waals surface area contributed by atoms with E-state index in [1.165, 1.54) is 32.2 Å². The molecule has 0 bridgehead atoms. The van der Waals surface area contributed by atoms with Crippen LogP contribution in [0.1, 0.15) is 53.4 Å². The molecule has 0 heterocycles. The van der Waals surface area contributed by atoms with Crippen LogP contribution in [0.15, 0.2) is 0 Å². The summed E-state index contributed by atoms with van der Waals surface area (Å²) in [6.45, 7) is 10.9. The molecule has 15 heavy (non-hydrogen) atoms. The Morgan fingerprint density at radius 3 is 2.13 bits per heavy atom. The van der Waals surface area contributed by atoms with Crippen molar-refractivity contribution in [1.29, 1.82) is 0 Å². The minimum atomic E-state index is 0.633. The van der Waals surface area contributed by atoms with E-state index in [0.29, 0.717) is 5.41 Å². The molecular formula is C14H27N. The zero-order valence-electron chi connectivity index (χ0n) is 10.8. The molecule has 1 nitrogen and oxygen atoms in total. The molecule has 0 saturated heterocycles. The highest BCUT2D eigenvalue weighted by atomic mass is 14.9. The summed E-state index contributed by atoms with van der Waals surface area (Å²) >= 11 is 0. The molecule has 3 atom stereocenters. The Labute approximate surface area is 95.0 Å². The predicted molar refractivity (Wildman–Crippen MR) is 65.9 cm³/mol. The fourth-order valence-corrected chi connectivity index (χ4v) is 3.29. The highest BCUT2D eigenvalue weighted by Gasteiger charge is 2.45. The van der Waals surface area contributed by atoms with E-state index in [1.54, 1.807) is 0 Å². The molecule has 2 aliphatic rings. The van der Waals surface area contributed by atoms with E-state index < -0.39 is 0 Å².